The van der Waals surface area contributed by atoms with E-state index in [2.05, 4.69) is 33.7 Å². The monoisotopic (exact) mass is 709 g/mol. The molecule has 0 unspecified atom stereocenters. The van der Waals surface area contributed by atoms with Crippen molar-refractivity contribution < 1.29 is 23.4 Å². The van der Waals surface area contributed by atoms with Gasteiger partial charge in [0.1, 0.15) is 12.4 Å². The van der Waals surface area contributed by atoms with Crippen molar-refractivity contribution in [2.24, 2.45) is 4.99 Å². The first kappa shape index (κ1) is 30.2. The van der Waals surface area contributed by atoms with Crippen LogP contribution < -0.4 is 24.4 Å². The number of aromatic nitrogens is 1. The second kappa shape index (κ2) is 12.9. The number of halogens is 2. The summed E-state index contributed by atoms with van der Waals surface area (Å²) in [6.07, 6.45) is 1.74. The molecule has 0 fully saturated rings. The number of nitriles is 1. The summed E-state index contributed by atoms with van der Waals surface area (Å²) in [5.41, 5.74) is 3.05. The number of rotatable bonds is 8. The fraction of sp³-hybridized carbons (Fsp3) is 0.188. The molecule has 43 heavy (non-hydrogen) atoms. The van der Waals surface area contributed by atoms with Crippen LogP contribution >= 0.6 is 33.9 Å². The van der Waals surface area contributed by atoms with Gasteiger partial charge in [-0.15, -0.1) is 0 Å². The third kappa shape index (κ3) is 6.25. The molecule has 1 aliphatic heterocycles. The quantitative estimate of drug-likeness (QED) is 0.189. The number of methoxy groups -OCH3 is 1. The minimum absolute atomic E-state index is 0.157. The van der Waals surface area contributed by atoms with E-state index >= 15 is 0 Å². The minimum atomic E-state index is -0.828. The molecule has 11 heteroatoms. The molecular weight excluding hydrogens is 684 g/mol. The number of carbonyl (C=O) groups is 1. The van der Waals surface area contributed by atoms with Crippen LogP contribution in [0, 0.1) is 20.7 Å². The molecule has 218 valence electrons. The topological polar surface area (TPSA) is 103 Å². The van der Waals surface area contributed by atoms with E-state index in [0.29, 0.717) is 43.2 Å². The van der Waals surface area contributed by atoms with Gasteiger partial charge >= 0.3 is 5.97 Å². The molecule has 0 spiro atoms. The van der Waals surface area contributed by atoms with E-state index in [9.17, 15) is 14.0 Å². The lowest BCUT2D eigenvalue weighted by Gasteiger charge is -2.24. The number of hydrogen-bond donors (Lipinski definition) is 0. The summed E-state index contributed by atoms with van der Waals surface area (Å²) in [5.74, 6) is 0.0342. The first-order chi connectivity index (χ1) is 20.7. The Kier molecular flexibility index (Phi) is 9.08. The Hall–Kier alpha value is -4.28. The van der Waals surface area contributed by atoms with Crippen molar-refractivity contribution >= 4 is 46.0 Å². The van der Waals surface area contributed by atoms with E-state index in [-0.39, 0.29) is 24.3 Å². The second-order valence-electron chi connectivity index (χ2n) is 9.49. The van der Waals surface area contributed by atoms with Gasteiger partial charge in [0.05, 0.1) is 50.8 Å². The Bertz CT molecular complexity index is 1960. The molecule has 0 saturated carbocycles. The zero-order valence-corrected chi connectivity index (χ0v) is 26.4. The standard InChI is InChI=1S/C32H25FIN3O5S/c1-4-41-31(39)27-18(2)36-32-37(28(27)22-9-11-23(33)12-10-22)30(38)26(43-32)15-21-13-24(34)29(25(14-21)40-3)42-17-20-7-5-19(16-35)6-8-20/h5-15,28H,4,17H2,1-3H3/b26-15-/t28-/m0/s1. The highest BCUT2D eigenvalue weighted by atomic mass is 127. The maximum atomic E-state index is 13.9. The predicted octanol–water partition coefficient (Wildman–Crippen LogP) is 5.00. The lowest BCUT2D eigenvalue weighted by atomic mass is 9.96. The van der Waals surface area contributed by atoms with Crippen LogP contribution in [0.3, 0.4) is 0 Å². The summed E-state index contributed by atoms with van der Waals surface area (Å²) < 4.78 is 33.4. The van der Waals surface area contributed by atoms with Crippen LogP contribution in [0.15, 0.2) is 81.7 Å². The third-order valence-electron chi connectivity index (χ3n) is 6.72. The number of benzene rings is 3. The average Bonchev–Trinajstić information content (AvgIpc) is 3.30. The molecule has 3 aromatic carbocycles. The van der Waals surface area contributed by atoms with Crippen LogP contribution in [0.1, 0.15) is 42.1 Å². The SMILES string of the molecule is CCOC(=O)C1=C(C)N=c2s/c(=C\c3cc(I)c(OCc4ccc(C#N)cc4)c(OC)c3)c(=O)n2[C@H]1c1ccc(F)cc1. The predicted molar refractivity (Wildman–Crippen MR) is 168 cm³/mol. The molecule has 2 heterocycles. The number of thiazole rings is 1. The van der Waals surface area contributed by atoms with Gasteiger partial charge in [0.2, 0.25) is 0 Å². The minimum Gasteiger partial charge on any atom is -0.493 e. The zero-order chi connectivity index (χ0) is 30.7. The molecule has 5 rings (SSSR count). The molecule has 0 radical (unpaired) electrons. The average molecular weight is 710 g/mol. The number of allylic oxidation sites excluding steroid dienone is 1. The van der Waals surface area contributed by atoms with Crippen molar-refractivity contribution in [3.63, 3.8) is 0 Å². The van der Waals surface area contributed by atoms with Crippen molar-refractivity contribution in [3.05, 3.63) is 123 Å². The maximum Gasteiger partial charge on any atom is 0.338 e. The molecule has 0 bridgehead atoms. The highest BCUT2D eigenvalue weighted by Crippen LogP contribution is 2.35. The summed E-state index contributed by atoms with van der Waals surface area (Å²) in [5, 5.41) is 9.02. The summed E-state index contributed by atoms with van der Waals surface area (Å²) in [6, 6.07) is 17.8. The first-order valence-corrected chi connectivity index (χ1v) is 15.1. The molecule has 1 atom stereocenters. The second-order valence-corrected chi connectivity index (χ2v) is 11.7. The largest absolute Gasteiger partial charge is 0.493 e. The molecule has 1 aliphatic rings. The number of carbonyl (C=O) groups excluding carboxylic acids is 1. The molecule has 1 aromatic heterocycles. The van der Waals surface area contributed by atoms with E-state index in [4.69, 9.17) is 19.5 Å². The van der Waals surface area contributed by atoms with Gasteiger partial charge in [0, 0.05) is 0 Å². The molecular formula is C32H25FIN3O5S. The summed E-state index contributed by atoms with van der Waals surface area (Å²) >= 11 is 3.35. The van der Waals surface area contributed by atoms with Gasteiger partial charge in [0.15, 0.2) is 16.3 Å². The third-order valence-corrected chi connectivity index (χ3v) is 8.50. The summed E-state index contributed by atoms with van der Waals surface area (Å²) in [4.78, 5) is 31.9. The molecule has 0 aliphatic carbocycles. The van der Waals surface area contributed by atoms with Gasteiger partial charge in [-0.1, -0.05) is 35.6 Å². The normalized spacial score (nSPS) is 14.5. The van der Waals surface area contributed by atoms with Crippen LogP contribution in [0.5, 0.6) is 11.5 Å². The van der Waals surface area contributed by atoms with Crippen molar-refractivity contribution in [3.8, 4) is 17.6 Å². The lowest BCUT2D eigenvalue weighted by molar-refractivity contribution is -0.139. The number of esters is 1. The maximum absolute atomic E-state index is 13.9. The van der Waals surface area contributed by atoms with Crippen LogP contribution in [0.2, 0.25) is 0 Å². The van der Waals surface area contributed by atoms with Gasteiger partial charge in [0.25, 0.3) is 5.56 Å². The fourth-order valence-electron chi connectivity index (χ4n) is 4.70. The molecule has 0 amide bonds. The highest BCUT2D eigenvalue weighted by Gasteiger charge is 2.33. The van der Waals surface area contributed by atoms with Crippen LogP contribution in [0.25, 0.3) is 6.08 Å². The van der Waals surface area contributed by atoms with Gasteiger partial charge in [-0.25, -0.2) is 14.2 Å². The number of ether oxygens (including phenoxy) is 3. The lowest BCUT2D eigenvalue weighted by Crippen LogP contribution is -2.39. The number of fused-ring (bicyclic) bond motifs is 1. The van der Waals surface area contributed by atoms with Gasteiger partial charge < -0.3 is 14.2 Å². The van der Waals surface area contributed by atoms with Crippen molar-refractivity contribution in [1.29, 1.82) is 5.26 Å². The fourth-order valence-corrected chi connectivity index (χ4v) is 6.53. The van der Waals surface area contributed by atoms with Crippen molar-refractivity contribution in [1.82, 2.24) is 4.57 Å². The molecule has 0 N–H and O–H groups in total. The molecule has 4 aromatic rings. The van der Waals surface area contributed by atoms with E-state index in [1.807, 2.05) is 18.2 Å². The van der Waals surface area contributed by atoms with Crippen LogP contribution in [0.4, 0.5) is 4.39 Å². The Morgan fingerprint density at radius 3 is 2.56 bits per heavy atom. The van der Waals surface area contributed by atoms with Crippen molar-refractivity contribution in [2.75, 3.05) is 13.7 Å². The van der Waals surface area contributed by atoms with Crippen molar-refractivity contribution in [2.45, 2.75) is 26.5 Å². The Morgan fingerprint density at radius 2 is 1.91 bits per heavy atom. The number of hydrogen-bond acceptors (Lipinski definition) is 8. The van der Waals surface area contributed by atoms with E-state index < -0.39 is 17.8 Å². The van der Waals surface area contributed by atoms with E-state index in [1.54, 1.807) is 57.4 Å². The van der Waals surface area contributed by atoms with Crippen LogP contribution in [-0.2, 0) is 16.1 Å². The highest BCUT2D eigenvalue weighted by molar-refractivity contribution is 14.1. The zero-order valence-electron chi connectivity index (χ0n) is 23.4. The van der Waals surface area contributed by atoms with Gasteiger partial charge in [-0.3, -0.25) is 9.36 Å². The number of nitrogens with zero attached hydrogens (tertiary/aromatic N) is 3. The van der Waals surface area contributed by atoms with Crippen LogP contribution in [-0.4, -0.2) is 24.3 Å². The molecule has 0 saturated heterocycles. The summed E-state index contributed by atoms with van der Waals surface area (Å²) in [6.45, 7) is 3.84. The first-order valence-electron chi connectivity index (χ1n) is 13.2. The Balaban J connectivity index is 1.55. The Morgan fingerprint density at radius 1 is 1.19 bits per heavy atom. The van der Waals surface area contributed by atoms with Gasteiger partial charge in [-0.05, 0) is 95.6 Å². The molecule has 8 nitrogen and oxygen atoms in total. The van der Waals surface area contributed by atoms with E-state index in [1.165, 1.54) is 28.0 Å². The van der Waals surface area contributed by atoms with Gasteiger partial charge in [-0.2, -0.15) is 5.26 Å². The smallest absolute Gasteiger partial charge is 0.338 e. The van der Waals surface area contributed by atoms with E-state index in [0.717, 1.165) is 9.13 Å². The Labute approximate surface area is 264 Å². The summed E-state index contributed by atoms with van der Waals surface area (Å²) in [7, 11) is 1.54.